The minimum Gasteiger partial charge on any atom is -0.462 e. The van der Waals surface area contributed by atoms with Gasteiger partial charge in [-0.05, 0) is 25.5 Å². The van der Waals surface area contributed by atoms with Crippen LogP contribution in [0.5, 0.6) is 0 Å². The molecule has 0 aliphatic carbocycles. The van der Waals surface area contributed by atoms with Crippen LogP contribution >= 0.6 is 0 Å². The average Bonchev–Trinajstić information content (AvgIpc) is 2.38. The first-order chi connectivity index (χ1) is 9.11. The molecule has 19 heavy (non-hydrogen) atoms. The fourth-order valence-electron chi connectivity index (χ4n) is 2.07. The molecular weight excluding hydrogens is 240 g/mol. The molecular formula is C15H24N2O2. The van der Waals surface area contributed by atoms with Crippen molar-refractivity contribution in [3.63, 3.8) is 0 Å². The Morgan fingerprint density at radius 2 is 2.05 bits per heavy atom. The highest BCUT2D eigenvalue weighted by atomic mass is 16.5. The zero-order chi connectivity index (χ0) is 14.3. The van der Waals surface area contributed by atoms with Crippen LogP contribution in [-0.2, 0) is 4.74 Å². The summed E-state index contributed by atoms with van der Waals surface area (Å²) in [6, 6.07) is 5.36. The van der Waals surface area contributed by atoms with Crippen LogP contribution < -0.4 is 10.6 Å². The van der Waals surface area contributed by atoms with Crippen LogP contribution in [0.1, 0.15) is 43.5 Å². The largest absolute Gasteiger partial charge is 0.462 e. The summed E-state index contributed by atoms with van der Waals surface area (Å²) in [6.45, 7) is 5.22. The maximum absolute atomic E-state index is 11.9. The molecule has 0 aromatic heterocycles. The normalized spacial score (nSPS) is 10.3. The van der Waals surface area contributed by atoms with Crippen molar-refractivity contribution >= 4 is 17.3 Å². The maximum atomic E-state index is 11.9. The maximum Gasteiger partial charge on any atom is 0.340 e. The van der Waals surface area contributed by atoms with Gasteiger partial charge in [0.25, 0.3) is 0 Å². The first-order valence-electron chi connectivity index (χ1n) is 6.88. The Morgan fingerprint density at radius 1 is 1.32 bits per heavy atom. The Labute approximate surface area is 115 Å². The molecule has 0 atom stereocenters. The smallest absolute Gasteiger partial charge is 0.340 e. The van der Waals surface area contributed by atoms with Gasteiger partial charge in [0.2, 0.25) is 0 Å². The molecule has 0 amide bonds. The predicted octanol–water partition coefficient (Wildman–Crippen LogP) is 3.07. The summed E-state index contributed by atoms with van der Waals surface area (Å²) in [5.41, 5.74) is 7.94. The Kier molecular flexibility index (Phi) is 6.19. The molecule has 0 unspecified atom stereocenters. The molecule has 0 fully saturated rings. The fraction of sp³-hybridized carbons (Fsp3) is 0.533. The van der Waals surface area contributed by atoms with Crippen molar-refractivity contribution in [2.45, 2.75) is 33.1 Å². The third-order valence-electron chi connectivity index (χ3n) is 3.04. The predicted molar refractivity (Wildman–Crippen MR) is 79.6 cm³/mol. The molecule has 0 aliphatic rings. The van der Waals surface area contributed by atoms with Crippen LogP contribution in [0.3, 0.4) is 0 Å². The lowest BCUT2D eigenvalue weighted by molar-refractivity contribution is 0.0527. The Balaban J connectivity index is 2.93. The zero-order valence-corrected chi connectivity index (χ0v) is 12.1. The number of nitrogens with two attached hydrogens (primary N) is 1. The van der Waals surface area contributed by atoms with Gasteiger partial charge in [0.05, 0.1) is 23.5 Å². The monoisotopic (exact) mass is 264 g/mol. The zero-order valence-electron chi connectivity index (χ0n) is 12.1. The number of esters is 1. The number of rotatable bonds is 7. The molecule has 1 aromatic rings. The van der Waals surface area contributed by atoms with E-state index < -0.39 is 0 Å². The number of ether oxygens (including phenoxy) is 1. The van der Waals surface area contributed by atoms with Gasteiger partial charge in [-0.25, -0.2) is 4.79 Å². The molecule has 0 bridgehead atoms. The second-order valence-corrected chi connectivity index (χ2v) is 4.59. The van der Waals surface area contributed by atoms with E-state index >= 15 is 0 Å². The first kappa shape index (κ1) is 15.3. The summed E-state index contributed by atoms with van der Waals surface area (Å²) in [5.74, 6) is -0.313. The summed E-state index contributed by atoms with van der Waals surface area (Å²) in [4.78, 5) is 14.0. The average molecular weight is 264 g/mol. The van der Waals surface area contributed by atoms with Crippen LogP contribution in [0.15, 0.2) is 18.2 Å². The van der Waals surface area contributed by atoms with Gasteiger partial charge in [-0.3, -0.25) is 0 Å². The fourth-order valence-corrected chi connectivity index (χ4v) is 2.07. The SMILES string of the molecule is CCCCCN(C)c1c(N)cccc1C(=O)OCC. The molecule has 0 saturated heterocycles. The Bertz CT molecular complexity index is 419. The van der Waals surface area contributed by atoms with Gasteiger partial charge >= 0.3 is 5.97 Å². The van der Waals surface area contributed by atoms with Gasteiger partial charge in [0, 0.05) is 13.6 Å². The van der Waals surface area contributed by atoms with E-state index in [0.717, 1.165) is 18.7 Å². The number of hydrogen-bond donors (Lipinski definition) is 1. The third kappa shape index (κ3) is 4.16. The van der Waals surface area contributed by atoms with E-state index in [4.69, 9.17) is 10.5 Å². The van der Waals surface area contributed by atoms with E-state index in [9.17, 15) is 4.79 Å². The summed E-state index contributed by atoms with van der Waals surface area (Å²) < 4.78 is 5.08. The highest BCUT2D eigenvalue weighted by Crippen LogP contribution is 2.28. The topological polar surface area (TPSA) is 55.6 Å². The van der Waals surface area contributed by atoms with Gasteiger partial charge in [-0.15, -0.1) is 0 Å². The summed E-state index contributed by atoms with van der Waals surface area (Å²) in [6.07, 6.45) is 3.43. The molecule has 0 spiro atoms. The van der Waals surface area contributed by atoms with Crippen LogP contribution in [0.25, 0.3) is 0 Å². The summed E-state index contributed by atoms with van der Waals surface area (Å²) in [5, 5.41) is 0. The van der Waals surface area contributed by atoms with Crippen LogP contribution in [-0.4, -0.2) is 26.2 Å². The number of benzene rings is 1. The van der Waals surface area contributed by atoms with Gasteiger partial charge in [0.1, 0.15) is 0 Å². The lowest BCUT2D eigenvalue weighted by atomic mass is 10.1. The van der Waals surface area contributed by atoms with Crippen LogP contribution in [0, 0.1) is 0 Å². The van der Waals surface area contributed by atoms with Crippen LogP contribution in [0.2, 0.25) is 0 Å². The van der Waals surface area contributed by atoms with Crippen molar-refractivity contribution in [3.05, 3.63) is 23.8 Å². The molecule has 106 valence electrons. The second kappa shape index (κ2) is 7.67. The first-order valence-corrected chi connectivity index (χ1v) is 6.88. The lowest BCUT2D eigenvalue weighted by Gasteiger charge is -2.23. The highest BCUT2D eigenvalue weighted by molar-refractivity contribution is 5.99. The number of carbonyl (C=O) groups is 1. The van der Waals surface area contributed by atoms with Crippen molar-refractivity contribution in [2.24, 2.45) is 0 Å². The summed E-state index contributed by atoms with van der Waals surface area (Å²) in [7, 11) is 1.96. The van der Waals surface area contributed by atoms with E-state index in [1.165, 1.54) is 12.8 Å². The minimum absolute atomic E-state index is 0.313. The third-order valence-corrected chi connectivity index (χ3v) is 3.04. The number of para-hydroxylation sites is 1. The molecule has 0 saturated carbocycles. The molecule has 1 rings (SSSR count). The van der Waals surface area contributed by atoms with Gasteiger partial charge in [-0.2, -0.15) is 0 Å². The van der Waals surface area contributed by atoms with E-state index in [1.807, 2.05) is 18.0 Å². The van der Waals surface area contributed by atoms with E-state index in [0.29, 0.717) is 17.9 Å². The van der Waals surface area contributed by atoms with Crippen molar-refractivity contribution < 1.29 is 9.53 Å². The Hall–Kier alpha value is -1.71. The number of nitrogens with zero attached hydrogens (tertiary/aromatic N) is 1. The molecule has 0 heterocycles. The molecule has 0 radical (unpaired) electrons. The second-order valence-electron chi connectivity index (χ2n) is 4.59. The van der Waals surface area contributed by atoms with Crippen molar-refractivity contribution in [1.29, 1.82) is 0 Å². The molecule has 4 nitrogen and oxygen atoms in total. The molecule has 2 N–H and O–H groups in total. The van der Waals surface area contributed by atoms with E-state index in [-0.39, 0.29) is 5.97 Å². The minimum atomic E-state index is -0.313. The van der Waals surface area contributed by atoms with Crippen molar-refractivity contribution in [1.82, 2.24) is 0 Å². The van der Waals surface area contributed by atoms with Gasteiger partial charge < -0.3 is 15.4 Å². The molecule has 1 aromatic carbocycles. The number of anilines is 2. The molecule has 4 heteroatoms. The highest BCUT2D eigenvalue weighted by Gasteiger charge is 2.17. The van der Waals surface area contributed by atoms with Crippen molar-refractivity contribution in [3.8, 4) is 0 Å². The number of unbranched alkanes of at least 4 members (excludes halogenated alkanes) is 2. The number of carbonyl (C=O) groups excluding carboxylic acids is 1. The lowest BCUT2D eigenvalue weighted by Crippen LogP contribution is -2.23. The standard InChI is InChI=1S/C15H24N2O2/c1-4-6-7-11-17(3)14-12(15(18)19-5-2)9-8-10-13(14)16/h8-10H,4-7,11,16H2,1-3H3. The van der Waals surface area contributed by atoms with Gasteiger partial charge in [0.15, 0.2) is 0 Å². The van der Waals surface area contributed by atoms with E-state index in [1.54, 1.807) is 19.1 Å². The van der Waals surface area contributed by atoms with Crippen LogP contribution in [0.4, 0.5) is 11.4 Å². The number of nitrogen functional groups attached to an aromatic ring is 1. The van der Waals surface area contributed by atoms with E-state index in [2.05, 4.69) is 6.92 Å². The molecule has 0 aliphatic heterocycles. The summed E-state index contributed by atoms with van der Waals surface area (Å²) >= 11 is 0. The van der Waals surface area contributed by atoms with Gasteiger partial charge in [-0.1, -0.05) is 25.8 Å². The quantitative estimate of drug-likeness (QED) is 0.467. The Morgan fingerprint density at radius 3 is 2.68 bits per heavy atom. The van der Waals surface area contributed by atoms with Crippen molar-refractivity contribution in [2.75, 3.05) is 30.8 Å². The number of hydrogen-bond acceptors (Lipinski definition) is 4.